The van der Waals surface area contributed by atoms with Crippen molar-refractivity contribution in [3.05, 3.63) is 54.0 Å². The molecule has 0 aliphatic heterocycles. The van der Waals surface area contributed by atoms with Gasteiger partial charge in [0.2, 0.25) is 0 Å². The Balaban J connectivity index is 1.57. The normalized spacial score (nSPS) is 12.1. The number of aromatic nitrogens is 2. The summed E-state index contributed by atoms with van der Waals surface area (Å²) in [6.45, 7) is 2.64. The first-order valence-corrected chi connectivity index (χ1v) is 8.48. The molecule has 2 N–H and O–H groups in total. The van der Waals surface area contributed by atoms with Crippen molar-refractivity contribution < 1.29 is 19.2 Å². The van der Waals surface area contributed by atoms with Crippen molar-refractivity contribution in [2.24, 2.45) is 5.92 Å². The number of carbonyl (C=O) groups excluding carboxylic acids is 1. The molecule has 0 aliphatic carbocycles. The number of aliphatic hydroxyl groups is 1. The lowest BCUT2D eigenvalue weighted by molar-refractivity contribution is 0.0940. The zero-order valence-electron chi connectivity index (χ0n) is 14.5. The molecule has 3 rings (SSSR count). The van der Waals surface area contributed by atoms with Gasteiger partial charge in [-0.2, -0.15) is 0 Å². The molecule has 7 heteroatoms. The molecule has 3 aromatic rings. The average Bonchev–Trinajstić information content (AvgIpc) is 3.15. The van der Waals surface area contributed by atoms with Gasteiger partial charge in [-0.05, 0) is 24.5 Å². The number of ether oxygens (including phenoxy) is 1. The molecule has 26 heavy (non-hydrogen) atoms. The lowest BCUT2D eigenvalue weighted by Gasteiger charge is -2.07. The predicted octanol–water partition coefficient (Wildman–Crippen LogP) is 2.55. The van der Waals surface area contributed by atoms with Crippen molar-refractivity contribution in [3.63, 3.8) is 0 Å². The van der Waals surface area contributed by atoms with Crippen molar-refractivity contribution in [1.82, 2.24) is 15.5 Å². The molecule has 1 amide bonds. The highest BCUT2D eigenvalue weighted by Gasteiger charge is 2.13. The van der Waals surface area contributed by atoms with E-state index in [0.29, 0.717) is 24.5 Å². The monoisotopic (exact) mass is 355 g/mol. The fraction of sp³-hybridized carbons (Fsp3) is 0.316. The Morgan fingerprint density at radius 2 is 2.19 bits per heavy atom. The summed E-state index contributed by atoms with van der Waals surface area (Å²) in [6.07, 6.45) is 2.41. The van der Waals surface area contributed by atoms with Crippen LogP contribution in [0, 0.1) is 5.92 Å². The van der Waals surface area contributed by atoms with Gasteiger partial charge in [0.25, 0.3) is 5.91 Å². The van der Waals surface area contributed by atoms with Crippen molar-refractivity contribution in [2.75, 3.05) is 13.2 Å². The Labute approximate surface area is 151 Å². The van der Waals surface area contributed by atoms with Crippen LogP contribution in [0.3, 0.4) is 0 Å². The molecule has 1 atom stereocenters. The number of hydrogen-bond donors (Lipinski definition) is 2. The number of benzene rings is 1. The van der Waals surface area contributed by atoms with Crippen LogP contribution in [0.2, 0.25) is 0 Å². The van der Waals surface area contributed by atoms with Gasteiger partial charge in [-0.15, -0.1) is 0 Å². The van der Waals surface area contributed by atoms with Gasteiger partial charge in [-0.25, -0.2) is 0 Å². The Bertz CT molecular complexity index is 873. The van der Waals surface area contributed by atoms with E-state index in [2.05, 4.69) is 15.5 Å². The third-order valence-electron chi connectivity index (χ3n) is 3.99. The maximum absolute atomic E-state index is 12.0. The summed E-state index contributed by atoms with van der Waals surface area (Å²) in [7, 11) is 0. The molecule has 0 saturated heterocycles. The Hall–Kier alpha value is -2.93. The number of hydrogen-bond acceptors (Lipinski definition) is 6. The van der Waals surface area contributed by atoms with E-state index < -0.39 is 0 Å². The van der Waals surface area contributed by atoms with E-state index in [0.717, 1.165) is 10.9 Å². The number of rotatable bonds is 8. The smallest absolute Gasteiger partial charge is 0.273 e. The minimum absolute atomic E-state index is 0.102. The number of amides is 1. The van der Waals surface area contributed by atoms with Crippen LogP contribution in [0.4, 0.5) is 0 Å². The highest BCUT2D eigenvalue weighted by molar-refractivity contribution is 5.92. The summed E-state index contributed by atoms with van der Waals surface area (Å²) in [6, 6.07) is 11.1. The van der Waals surface area contributed by atoms with Gasteiger partial charge in [-0.3, -0.25) is 9.78 Å². The van der Waals surface area contributed by atoms with E-state index in [-0.39, 0.29) is 30.7 Å². The zero-order chi connectivity index (χ0) is 18.4. The third kappa shape index (κ3) is 4.37. The summed E-state index contributed by atoms with van der Waals surface area (Å²) in [4.78, 5) is 16.4. The van der Waals surface area contributed by atoms with E-state index in [9.17, 15) is 4.79 Å². The molecule has 2 heterocycles. The van der Waals surface area contributed by atoms with Crippen LogP contribution in [0.25, 0.3) is 10.9 Å². The van der Waals surface area contributed by atoms with Crippen molar-refractivity contribution in [2.45, 2.75) is 20.0 Å². The minimum atomic E-state index is -0.308. The average molecular weight is 355 g/mol. The fourth-order valence-corrected chi connectivity index (χ4v) is 2.44. The molecule has 0 fully saturated rings. The maximum Gasteiger partial charge on any atom is 0.273 e. The standard InChI is InChI=1S/C19H21N3O4/c1-13(11-23)7-9-21-19(24)16-10-15(26-22-16)12-25-17-6-2-4-14-5-3-8-20-18(14)17/h2-6,8,10,13,23H,7,9,11-12H2,1H3,(H,21,24)/t13-/m1/s1. The number of nitrogens with one attached hydrogen (secondary N) is 1. The lowest BCUT2D eigenvalue weighted by Crippen LogP contribution is -2.26. The van der Waals surface area contributed by atoms with Crippen LogP contribution < -0.4 is 10.1 Å². The van der Waals surface area contributed by atoms with Crippen LogP contribution >= 0.6 is 0 Å². The molecule has 7 nitrogen and oxygen atoms in total. The first-order valence-electron chi connectivity index (χ1n) is 8.48. The van der Waals surface area contributed by atoms with Gasteiger partial charge < -0.3 is 19.7 Å². The van der Waals surface area contributed by atoms with E-state index in [1.807, 2.05) is 37.3 Å². The molecule has 1 aromatic carbocycles. The predicted molar refractivity (Wildman–Crippen MR) is 95.8 cm³/mol. The second-order valence-electron chi connectivity index (χ2n) is 6.13. The largest absolute Gasteiger partial charge is 0.483 e. The number of carbonyl (C=O) groups is 1. The molecule has 0 bridgehead atoms. The lowest BCUT2D eigenvalue weighted by atomic mass is 10.1. The Morgan fingerprint density at radius 1 is 1.35 bits per heavy atom. The van der Waals surface area contributed by atoms with E-state index in [1.54, 1.807) is 12.3 Å². The quantitative estimate of drug-likeness (QED) is 0.644. The molecular weight excluding hydrogens is 334 g/mol. The summed E-state index contributed by atoms with van der Waals surface area (Å²) in [5.41, 5.74) is 0.974. The van der Waals surface area contributed by atoms with Crippen molar-refractivity contribution >= 4 is 16.8 Å². The molecule has 0 saturated carbocycles. The molecule has 136 valence electrons. The van der Waals surface area contributed by atoms with Crippen molar-refractivity contribution in [3.8, 4) is 5.75 Å². The van der Waals surface area contributed by atoms with Crippen LogP contribution in [0.15, 0.2) is 47.1 Å². The number of para-hydroxylation sites is 1. The van der Waals surface area contributed by atoms with E-state index >= 15 is 0 Å². The van der Waals surface area contributed by atoms with Gasteiger partial charge in [0.05, 0.1) is 0 Å². The Kier molecular flexibility index (Phi) is 5.80. The fourth-order valence-electron chi connectivity index (χ4n) is 2.44. The second kappa shape index (κ2) is 8.44. The highest BCUT2D eigenvalue weighted by atomic mass is 16.5. The Morgan fingerprint density at radius 3 is 3.04 bits per heavy atom. The zero-order valence-corrected chi connectivity index (χ0v) is 14.5. The molecule has 0 aliphatic rings. The third-order valence-corrected chi connectivity index (χ3v) is 3.99. The van der Waals surface area contributed by atoms with Gasteiger partial charge >= 0.3 is 0 Å². The summed E-state index contributed by atoms with van der Waals surface area (Å²) in [5, 5.41) is 16.5. The maximum atomic E-state index is 12.0. The minimum Gasteiger partial charge on any atom is -0.483 e. The SMILES string of the molecule is C[C@@H](CO)CCNC(=O)c1cc(COc2cccc3cccnc23)on1. The van der Waals surface area contributed by atoms with Gasteiger partial charge in [0.15, 0.2) is 11.5 Å². The van der Waals surface area contributed by atoms with E-state index in [4.69, 9.17) is 14.4 Å². The van der Waals surface area contributed by atoms with Crippen LogP contribution in [-0.2, 0) is 6.61 Å². The number of fused-ring (bicyclic) bond motifs is 1. The van der Waals surface area contributed by atoms with E-state index in [1.165, 1.54) is 0 Å². The molecule has 2 aromatic heterocycles. The first kappa shape index (κ1) is 17.9. The summed E-state index contributed by atoms with van der Waals surface area (Å²) < 4.78 is 10.9. The molecule has 0 spiro atoms. The van der Waals surface area contributed by atoms with Gasteiger partial charge in [0, 0.05) is 30.8 Å². The van der Waals surface area contributed by atoms with Crippen LogP contribution in [0.1, 0.15) is 29.6 Å². The second-order valence-corrected chi connectivity index (χ2v) is 6.13. The van der Waals surface area contributed by atoms with Crippen LogP contribution in [-0.4, -0.2) is 34.3 Å². The number of aliphatic hydroxyl groups excluding tert-OH is 1. The number of nitrogens with zero attached hydrogens (tertiary/aromatic N) is 2. The molecular formula is C19H21N3O4. The van der Waals surface area contributed by atoms with Gasteiger partial charge in [0.1, 0.15) is 17.9 Å². The first-order chi connectivity index (χ1) is 12.7. The molecule has 0 radical (unpaired) electrons. The summed E-state index contributed by atoms with van der Waals surface area (Å²) >= 11 is 0. The number of pyridine rings is 1. The topological polar surface area (TPSA) is 97.5 Å². The van der Waals surface area contributed by atoms with Crippen LogP contribution in [0.5, 0.6) is 5.75 Å². The molecule has 0 unspecified atom stereocenters. The van der Waals surface area contributed by atoms with Gasteiger partial charge in [-0.1, -0.05) is 30.3 Å². The summed E-state index contributed by atoms with van der Waals surface area (Å²) in [5.74, 6) is 0.929. The van der Waals surface area contributed by atoms with Crippen molar-refractivity contribution in [1.29, 1.82) is 0 Å². The highest BCUT2D eigenvalue weighted by Crippen LogP contribution is 2.23.